The molecule has 0 aliphatic carbocycles. The highest BCUT2D eigenvalue weighted by Gasteiger charge is 2.36. The van der Waals surface area contributed by atoms with Crippen molar-refractivity contribution >= 4 is 18.0 Å². The summed E-state index contributed by atoms with van der Waals surface area (Å²) in [5, 5.41) is 2.39. The highest BCUT2D eigenvalue weighted by Crippen LogP contribution is 2.19. The molecule has 3 atom stereocenters. The van der Waals surface area contributed by atoms with Crippen molar-refractivity contribution in [2.45, 2.75) is 45.8 Å². The van der Waals surface area contributed by atoms with Gasteiger partial charge >= 0.3 is 0 Å². The molecule has 0 saturated heterocycles. The minimum atomic E-state index is -2.65. The fourth-order valence-electron chi connectivity index (χ4n) is 1.83. The van der Waals surface area contributed by atoms with E-state index in [2.05, 4.69) is 5.32 Å². The Kier molecular flexibility index (Phi) is 5.41. The zero-order valence-corrected chi connectivity index (χ0v) is 13.3. The summed E-state index contributed by atoms with van der Waals surface area (Å²) in [4.78, 5) is 34.7. The second-order valence-corrected chi connectivity index (χ2v) is 5.64. The van der Waals surface area contributed by atoms with E-state index >= 15 is 0 Å². The molecule has 0 spiro atoms. The van der Waals surface area contributed by atoms with Crippen LogP contribution in [-0.4, -0.2) is 29.7 Å². The maximum atomic E-state index is 14.1. The Labute approximate surface area is 131 Å². The average Bonchev–Trinajstić information content (AvgIpc) is 2.48. The lowest BCUT2D eigenvalue weighted by Gasteiger charge is -2.24. The second-order valence-electron chi connectivity index (χ2n) is 5.64. The van der Waals surface area contributed by atoms with Gasteiger partial charge in [0.25, 0.3) is 0 Å². The monoisotopic (exact) mass is 308 g/mol. The van der Waals surface area contributed by atoms with Gasteiger partial charge in [0.2, 0.25) is 5.91 Å². The third kappa shape index (κ3) is 4.76. The molecule has 1 N–H and O–H groups in total. The number of halogens is 1. The Morgan fingerprint density at radius 1 is 1.41 bits per heavy atom. The molecule has 0 fully saturated rings. The van der Waals surface area contributed by atoms with Crippen molar-refractivity contribution in [3.63, 3.8) is 0 Å². The fourth-order valence-corrected chi connectivity index (χ4v) is 1.83. The van der Waals surface area contributed by atoms with Gasteiger partial charge in [-0.3, -0.25) is 14.4 Å². The van der Waals surface area contributed by atoms with E-state index in [4.69, 9.17) is 1.37 Å². The molecule has 0 aromatic heterocycles. The van der Waals surface area contributed by atoms with Crippen LogP contribution in [0.1, 0.15) is 33.3 Å². The van der Waals surface area contributed by atoms with Crippen LogP contribution in [0.5, 0.6) is 0 Å². The molecule has 0 heterocycles. The summed E-state index contributed by atoms with van der Waals surface area (Å²) in [5.74, 6) is -3.63. The minimum Gasteiger partial charge on any atom is -0.346 e. The predicted molar refractivity (Wildman–Crippen MR) is 82.2 cm³/mol. The van der Waals surface area contributed by atoms with E-state index in [-0.39, 0.29) is 18.5 Å². The normalized spacial score (nSPS) is 18.3. The first-order chi connectivity index (χ1) is 10.5. The summed E-state index contributed by atoms with van der Waals surface area (Å²) >= 11 is 0. The number of benzene rings is 1. The number of hydrogen-bond acceptors (Lipinski definition) is 3. The molecular weight excluding hydrogens is 285 g/mol. The Hall–Kier alpha value is -2.04. The molecule has 0 saturated carbocycles. The highest BCUT2D eigenvalue weighted by atomic mass is 19.1. The summed E-state index contributed by atoms with van der Waals surface area (Å²) in [6, 6.07) is 6.56. The number of nitrogens with one attached hydrogen (secondary N) is 1. The molecule has 1 aromatic carbocycles. The van der Waals surface area contributed by atoms with Gasteiger partial charge in [-0.2, -0.15) is 0 Å². The van der Waals surface area contributed by atoms with Crippen LogP contribution in [0, 0.1) is 12.8 Å². The van der Waals surface area contributed by atoms with Gasteiger partial charge in [-0.1, -0.05) is 36.8 Å². The number of alkyl halides is 1. The van der Waals surface area contributed by atoms with Crippen molar-refractivity contribution in [3.8, 4) is 0 Å². The number of aldehydes is 1. The lowest BCUT2D eigenvalue weighted by atomic mass is 9.92. The first kappa shape index (κ1) is 16.3. The van der Waals surface area contributed by atoms with Crippen LogP contribution >= 0.6 is 0 Å². The summed E-state index contributed by atoms with van der Waals surface area (Å²) < 4.78 is 21.9. The molecule has 1 rings (SSSR count). The van der Waals surface area contributed by atoms with Gasteiger partial charge in [0, 0.05) is 1.37 Å². The lowest BCUT2D eigenvalue weighted by Crippen LogP contribution is -2.48. The van der Waals surface area contributed by atoms with Crippen molar-refractivity contribution in [2.24, 2.45) is 5.89 Å². The van der Waals surface area contributed by atoms with E-state index in [1.54, 1.807) is 0 Å². The number of carbonyl (C=O) groups is 3. The molecule has 1 amide bonds. The third-order valence-electron chi connectivity index (χ3n) is 3.65. The first-order valence-electron chi connectivity index (χ1n) is 7.53. The summed E-state index contributed by atoms with van der Waals surface area (Å²) in [6.07, 6.45) is 0.170. The van der Waals surface area contributed by atoms with Gasteiger partial charge in [0.05, 0.1) is 11.9 Å². The quantitative estimate of drug-likeness (QED) is 0.785. The van der Waals surface area contributed by atoms with E-state index in [0.717, 1.165) is 25.0 Å². The molecule has 3 unspecified atom stereocenters. The minimum absolute atomic E-state index is 0.0671. The molecule has 5 heteroatoms. The van der Waals surface area contributed by atoms with Gasteiger partial charge in [-0.15, -0.1) is 0 Å². The molecule has 120 valence electrons. The van der Waals surface area contributed by atoms with Crippen LogP contribution in [0.2, 0.25) is 0 Å². The second kappa shape index (κ2) is 7.29. The number of amides is 1. The molecular formula is C17H22FNO3. The molecule has 22 heavy (non-hydrogen) atoms. The van der Waals surface area contributed by atoms with Crippen LogP contribution in [0.15, 0.2) is 24.3 Å². The molecule has 4 nitrogen and oxygen atoms in total. The maximum Gasteiger partial charge on any atom is 0.227 e. The number of aryl methyl sites for hydroxylation is 1. The zero-order chi connectivity index (χ0) is 17.8. The number of carbonyl (C=O) groups excluding carboxylic acids is 3. The van der Waals surface area contributed by atoms with Crippen LogP contribution in [0.3, 0.4) is 0 Å². The molecule has 0 bridgehead atoms. The van der Waals surface area contributed by atoms with Crippen molar-refractivity contribution in [3.05, 3.63) is 35.4 Å². The number of hydrogen-bond donors (Lipinski definition) is 1. The predicted octanol–water partition coefficient (Wildman–Crippen LogP) is 2.17. The van der Waals surface area contributed by atoms with Gasteiger partial charge < -0.3 is 5.32 Å². The van der Waals surface area contributed by atoms with E-state index in [1.807, 2.05) is 31.2 Å². The van der Waals surface area contributed by atoms with Gasteiger partial charge in [-0.25, -0.2) is 4.39 Å². The average molecular weight is 308 g/mol. The smallest absolute Gasteiger partial charge is 0.227 e. The van der Waals surface area contributed by atoms with Gasteiger partial charge in [-0.05, 0) is 32.8 Å². The van der Waals surface area contributed by atoms with E-state index in [1.165, 1.54) is 6.92 Å². The first-order valence-corrected chi connectivity index (χ1v) is 7.03. The maximum absolute atomic E-state index is 14.1. The third-order valence-corrected chi connectivity index (χ3v) is 3.65. The van der Waals surface area contributed by atoms with Gasteiger partial charge in [0.15, 0.2) is 17.7 Å². The highest BCUT2D eigenvalue weighted by molar-refractivity contribution is 5.90. The fraction of sp³-hybridized carbons (Fsp3) is 0.471. The Bertz CT molecular complexity index is 596. The Balaban J connectivity index is 2.92. The zero-order valence-electron chi connectivity index (χ0n) is 14.3. The van der Waals surface area contributed by atoms with Crippen molar-refractivity contribution < 1.29 is 20.1 Å². The number of rotatable bonds is 7. The number of Topliss-reactive ketones (excluding diaryl/α,β-unsaturated/α-hetero) is 1. The van der Waals surface area contributed by atoms with E-state index in [0.29, 0.717) is 0 Å². The molecule has 0 aliphatic heterocycles. The van der Waals surface area contributed by atoms with Crippen LogP contribution < -0.4 is 5.32 Å². The summed E-state index contributed by atoms with van der Waals surface area (Å²) in [7, 11) is 0. The van der Waals surface area contributed by atoms with E-state index in [9.17, 15) is 18.8 Å². The van der Waals surface area contributed by atoms with Gasteiger partial charge in [0.1, 0.15) is 0 Å². The summed E-state index contributed by atoms with van der Waals surface area (Å²) in [5.41, 5.74) is -0.751. The molecule has 0 aliphatic rings. The molecule has 1 aromatic rings. The topological polar surface area (TPSA) is 63.2 Å². The Morgan fingerprint density at radius 3 is 2.41 bits per heavy atom. The lowest BCUT2D eigenvalue weighted by molar-refractivity contribution is -0.136. The molecule has 0 radical (unpaired) electrons. The largest absolute Gasteiger partial charge is 0.346 e. The van der Waals surface area contributed by atoms with Crippen molar-refractivity contribution in [1.82, 2.24) is 5.32 Å². The van der Waals surface area contributed by atoms with Crippen LogP contribution in [0.25, 0.3) is 0 Å². The van der Waals surface area contributed by atoms with Crippen LogP contribution in [0.4, 0.5) is 4.39 Å². The Morgan fingerprint density at radius 2 is 1.95 bits per heavy atom. The van der Waals surface area contributed by atoms with Crippen molar-refractivity contribution in [2.75, 3.05) is 0 Å². The SMILES string of the molecule is [2H]C(C)(C(=O)NC(Cc1ccc(C)cc1)C(C)=O)C(C)(F)C=O. The van der Waals surface area contributed by atoms with Crippen molar-refractivity contribution in [1.29, 1.82) is 0 Å². The summed E-state index contributed by atoms with van der Waals surface area (Å²) in [6.45, 7) is 5.13. The standard InChI is InChI=1S/C17H22FNO3/c1-11-5-7-14(8-6-11)9-15(13(3)21)19-16(22)12(2)17(4,18)10-20/h5-8,10,12,15H,9H2,1-4H3,(H,19,22)/i12D. The number of ketones is 1. The van der Waals surface area contributed by atoms with Crippen LogP contribution in [-0.2, 0) is 20.8 Å². The van der Waals surface area contributed by atoms with E-state index < -0.39 is 23.5 Å².